The van der Waals surface area contributed by atoms with Crippen LogP contribution < -0.4 is 0 Å². The maximum atomic E-state index is 12.0. The first-order valence-electron chi connectivity index (χ1n) is 5.61. The van der Waals surface area contributed by atoms with E-state index in [2.05, 4.69) is 6.58 Å². The Morgan fingerprint density at radius 1 is 1.12 bits per heavy atom. The van der Waals surface area contributed by atoms with Crippen LogP contribution in [0.1, 0.15) is 33.1 Å². The van der Waals surface area contributed by atoms with Gasteiger partial charge in [-0.05, 0) is 24.7 Å². The summed E-state index contributed by atoms with van der Waals surface area (Å²) in [7, 11) is 2.58. The van der Waals surface area contributed by atoms with Crippen LogP contribution in [-0.4, -0.2) is 26.2 Å². The van der Waals surface area contributed by atoms with Gasteiger partial charge in [0.05, 0.1) is 14.2 Å². The summed E-state index contributed by atoms with van der Waals surface area (Å²) in [6, 6.07) is 0. The van der Waals surface area contributed by atoms with Crippen molar-refractivity contribution in [2.45, 2.75) is 33.1 Å². The van der Waals surface area contributed by atoms with E-state index in [0.29, 0.717) is 12.8 Å². The molecular weight excluding hydrogens is 220 g/mol. The largest absolute Gasteiger partial charge is 0.468 e. The van der Waals surface area contributed by atoms with Crippen molar-refractivity contribution in [3.8, 4) is 0 Å². The number of rotatable bonds is 2. The number of esters is 2. The van der Waals surface area contributed by atoms with Crippen LogP contribution in [0.2, 0.25) is 0 Å². The van der Waals surface area contributed by atoms with E-state index in [4.69, 9.17) is 9.47 Å². The van der Waals surface area contributed by atoms with Crippen LogP contribution in [0.15, 0.2) is 12.2 Å². The molecule has 0 heterocycles. The van der Waals surface area contributed by atoms with Gasteiger partial charge < -0.3 is 9.47 Å². The van der Waals surface area contributed by atoms with Crippen molar-refractivity contribution >= 4 is 11.9 Å². The lowest BCUT2D eigenvalue weighted by Crippen LogP contribution is -2.47. The van der Waals surface area contributed by atoms with E-state index < -0.39 is 17.4 Å². The summed E-state index contributed by atoms with van der Waals surface area (Å²) in [5, 5.41) is 0. The van der Waals surface area contributed by atoms with Crippen LogP contribution in [0.5, 0.6) is 0 Å². The van der Waals surface area contributed by atoms with E-state index in [-0.39, 0.29) is 5.41 Å². The third kappa shape index (κ3) is 2.51. The Morgan fingerprint density at radius 2 is 1.59 bits per heavy atom. The third-order valence-corrected chi connectivity index (χ3v) is 3.21. The average molecular weight is 240 g/mol. The molecule has 1 fully saturated rings. The fraction of sp³-hybridized carbons (Fsp3) is 0.692. The van der Waals surface area contributed by atoms with Crippen LogP contribution in [0, 0.1) is 10.8 Å². The van der Waals surface area contributed by atoms with Gasteiger partial charge in [-0.1, -0.05) is 26.0 Å². The van der Waals surface area contributed by atoms with Crippen molar-refractivity contribution in [3.05, 3.63) is 12.2 Å². The number of hydrogen-bond acceptors (Lipinski definition) is 4. The Bertz CT molecular complexity index is 338. The highest BCUT2D eigenvalue weighted by molar-refractivity contribution is 6.00. The normalized spacial score (nSPS) is 21.8. The van der Waals surface area contributed by atoms with Gasteiger partial charge in [-0.15, -0.1) is 0 Å². The number of carbonyl (C=O) groups is 2. The first-order valence-corrected chi connectivity index (χ1v) is 5.61. The van der Waals surface area contributed by atoms with Crippen molar-refractivity contribution < 1.29 is 19.1 Å². The molecular formula is C13H20O4. The molecule has 0 unspecified atom stereocenters. The fourth-order valence-electron chi connectivity index (χ4n) is 2.87. The van der Waals surface area contributed by atoms with Crippen molar-refractivity contribution in [1.82, 2.24) is 0 Å². The number of methoxy groups -OCH3 is 2. The quantitative estimate of drug-likeness (QED) is 0.421. The van der Waals surface area contributed by atoms with Gasteiger partial charge in [0.15, 0.2) is 5.41 Å². The Balaban J connectivity index is 3.18. The van der Waals surface area contributed by atoms with Crippen LogP contribution in [0.4, 0.5) is 0 Å². The predicted molar refractivity (Wildman–Crippen MR) is 63.2 cm³/mol. The Morgan fingerprint density at radius 3 is 1.94 bits per heavy atom. The minimum absolute atomic E-state index is 0.155. The number of hydrogen-bond donors (Lipinski definition) is 0. The molecule has 0 spiro atoms. The topological polar surface area (TPSA) is 52.6 Å². The fourth-order valence-corrected chi connectivity index (χ4v) is 2.87. The van der Waals surface area contributed by atoms with Gasteiger partial charge in [0.2, 0.25) is 0 Å². The van der Waals surface area contributed by atoms with Gasteiger partial charge in [-0.2, -0.15) is 0 Å². The van der Waals surface area contributed by atoms with Crippen molar-refractivity contribution in [2.75, 3.05) is 14.2 Å². The van der Waals surface area contributed by atoms with Gasteiger partial charge in [0.25, 0.3) is 0 Å². The van der Waals surface area contributed by atoms with E-state index in [1.165, 1.54) is 14.2 Å². The minimum Gasteiger partial charge on any atom is -0.468 e. The molecule has 4 nitrogen and oxygen atoms in total. The molecule has 0 radical (unpaired) electrons. The molecule has 0 aromatic carbocycles. The summed E-state index contributed by atoms with van der Waals surface area (Å²) >= 11 is 0. The average Bonchev–Trinajstić information content (AvgIpc) is 2.23. The molecule has 0 aromatic rings. The van der Waals surface area contributed by atoms with Crippen molar-refractivity contribution in [2.24, 2.45) is 10.8 Å². The highest BCUT2D eigenvalue weighted by Crippen LogP contribution is 2.49. The van der Waals surface area contributed by atoms with E-state index >= 15 is 0 Å². The summed E-state index contributed by atoms with van der Waals surface area (Å²) in [6.07, 6.45) is 1.55. The SMILES string of the molecule is C=C1CC(C)(C)CC(C(=O)OC)(C(=O)OC)C1. The Hall–Kier alpha value is -1.32. The lowest BCUT2D eigenvalue weighted by atomic mass is 9.62. The number of allylic oxidation sites excluding steroid dienone is 1. The second-order valence-corrected chi connectivity index (χ2v) is 5.51. The zero-order valence-corrected chi connectivity index (χ0v) is 11.0. The highest BCUT2D eigenvalue weighted by Gasteiger charge is 2.54. The molecule has 0 atom stereocenters. The maximum Gasteiger partial charge on any atom is 0.323 e. The van der Waals surface area contributed by atoms with Crippen molar-refractivity contribution in [3.63, 3.8) is 0 Å². The van der Waals surface area contributed by atoms with Gasteiger partial charge in [0, 0.05) is 0 Å². The molecule has 17 heavy (non-hydrogen) atoms. The molecule has 4 heteroatoms. The molecule has 0 saturated heterocycles. The second kappa shape index (κ2) is 4.51. The molecule has 0 amide bonds. The second-order valence-electron chi connectivity index (χ2n) is 5.51. The third-order valence-electron chi connectivity index (χ3n) is 3.21. The number of ether oxygens (including phenoxy) is 2. The zero-order chi connectivity index (χ0) is 13.3. The maximum absolute atomic E-state index is 12.0. The molecule has 96 valence electrons. The predicted octanol–water partition coefficient (Wildman–Crippen LogP) is 2.09. The molecule has 0 aliphatic heterocycles. The zero-order valence-electron chi connectivity index (χ0n) is 11.0. The molecule has 1 saturated carbocycles. The van der Waals surface area contributed by atoms with E-state index in [1.807, 2.05) is 13.8 Å². The van der Waals surface area contributed by atoms with E-state index in [9.17, 15) is 9.59 Å². The standard InChI is InChI=1S/C13H20O4/c1-9-6-12(2,3)8-13(7-9,10(14)16-4)11(15)17-5/h1,6-8H2,2-5H3. The van der Waals surface area contributed by atoms with Gasteiger partial charge in [-0.3, -0.25) is 9.59 Å². The summed E-state index contributed by atoms with van der Waals surface area (Å²) in [6.45, 7) is 7.95. The molecule has 0 N–H and O–H groups in total. The molecule has 1 rings (SSSR count). The van der Waals surface area contributed by atoms with Gasteiger partial charge in [0.1, 0.15) is 0 Å². The van der Waals surface area contributed by atoms with Crippen LogP contribution in [0.3, 0.4) is 0 Å². The first kappa shape index (κ1) is 13.7. The molecule has 1 aliphatic carbocycles. The lowest BCUT2D eigenvalue weighted by Gasteiger charge is -2.41. The summed E-state index contributed by atoms with van der Waals surface area (Å²) < 4.78 is 9.55. The molecule has 1 aliphatic rings. The van der Waals surface area contributed by atoms with Gasteiger partial charge >= 0.3 is 11.9 Å². The van der Waals surface area contributed by atoms with Crippen LogP contribution in [-0.2, 0) is 19.1 Å². The number of carbonyl (C=O) groups excluding carboxylic acids is 2. The summed E-state index contributed by atoms with van der Waals surface area (Å²) in [5.74, 6) is -1.06. The van der Waals surface area contributed by atoms with E-state index in [1.54, 1.807) is 0 Å². The monoisotopic (exact) mass is 240 g/mol. The first-order chi connectivity index (χ1) is 7.77. The van der Waals surface area contributed by atoms with Crippen molar-refractivity contribution in [1.29, 1.82) is 0 Å². The van der Waals surface area contributed by atoms with Crippen LogP contribution in [0.25, 0.3) is 0 Å². The summed E-state index contributed by atoms with van der Waals surface area (Å²) in [4.78, 5) is 23.9. The van der Waals surface area contributed by atoms with Crippen LogP contribution >= 0.6 is 0 Å². The molecule has 0 aromatic heterocycles. The van der Waals surface area contributed by atoms with Gasteiger partial charge in [-0.25, -0.2) is 0 Å². The lowest BCUT2D eigenvalue weighted by molar-refractivity contribution is -0.173. The molecule has 0 bridgehead atoms. The Labute approximate surface area is 102 Å². The smallest absolute Gasteiger partial charge is 0.323 e. The summed E-state index contributed by atoms with van der Waals surface area (Å²) in [5.41, 5.74) is -0.489. The van der Waals surface area contributed by atoms with E-state index in [0.717, 1.165) is 12.0 Å². The highest BCUT2D eigenvalue weighted by atomic mass is 16.5. The minimum atomic E-state index is -1.22. The Kier molecular flexibility index (Phi) is 3.65.